The van der Waals surface area contributed by atoms with Crippen molar-refractivity contribution in [2.45, 2.75) is 25.6 Å². The molecule has 0 spiro atoms. The molecule has 0 unspecified atom stereocenters. The second-order valence-corrected chi connectivity index (χ2v) is 8.50. The zero-order valence-electron chi connectivity index (χ0n) is 18.3. The lowest BCUT2D eigenvalue weighted by molar-refractivity contribution is 0.0384. The maximum absolute atomic E-state index is 10.5. The van der Waals surface area contributed by atoms with Crippen LogP contribution in [0.25, 0.3) is 0 Å². The van der Waals surface area contributed by atoms with E-state index in [0.29, 0.717) is 13.2 Å². The molecule has 0 saturated carbocycles. The predicted molar refractivity (Wildman–Crippen MR) is 122 cm³/mol. The standard InChI is InChI=1S/C25H35N3O3/c29-24(19-28-10-8-22-5-1-2-6-23(22)18-28)20-31-25-7-3-4-21(16-25)17-26-9-11-27-12-14-30-15-13-27/h1-7,16,24,26,29H,8-15,17-20H2/t24-/m1/s1. The van der Waals surface area contributed by atoms with Crippen molar-refractivity contribution < 1.29 is 14.6 Å². The van der Waals surface area contributed by atoms with Gasteiger partial charge in [0.2, 0.25) is 0 Å². The number of fused-ring (bicyclic) bond motifs is 1. The van der Waals surface area contributed by atoms with Crippen LogP contribution in [-0.2, 0) is 24.2 Å². The van der Waals surface area contributed by atoms with Gasteiger partial charge in [-0.05, 0) is 35.2 Å². The third-order valence-corrected chi connectivity index (χ3v) is 6.06. The van der Waals surface area contributed by atoms with Crippen molar-refractivity contribution in [3.8, 4) is 5.75 Å². The fourth-order valence-corrected chi connectivity index (χ4v) is 4.29. The average molecular weight is 426 g/mol. The van der Waals surface area contributed by atoms with E-state index in [1.807, 2.05) is 12.1 Å². The van der Waals surface area contributed by atoms with Gasteiger partial charge in [0.25, 0.3) is 0 Å². The van der Waals surface area contributed by atoms with Crippen molar-refractivity contribution in [3.05, 3.63) is 65.2 Å². The third-order valence-electron chi connectivity index (χ3n) is 6.06. The maximum Gasteiger partial charge on any atom is 0.119 e. The molecule has 1 fully saturated rings. The van der Waals surface area contributed by atoms with Gasteiger partial charge in [-0.25, -0.2) is 0 Å². The number of morpholine rings is 1. The Labute approximate surface area is 185 Å². The van der Waals surface area contributed by atoms with Gasteiger partial charge >= 0.3 is 0 Å². The number of hydrogen-bond acceptors (Lipinski definition) is 6. The SMILES string of the molecule is O[C@@H](COc1cccc(CNCCN2CCOCC2)c1)CN1CCc2ccccc2C1. The summed E-state index contributed by atoms with van der Waals surface area (Å²) in [6.45, 7) is 9.40. The lowest BCUT2D eigenvalue weighted by Crippen LogP contribution is -2.40. The van der Waals surface area contributed by atoms with E-state index in [1.54, 1.807) is 0 Å². The van der Waals surface area contributed by atoms with E-state index in [2.05, 4.69) is 51.5 Å². The molecule has 0 amide bonds. The molecule has 6 heteroatoms. The molecule has 2 aromatic rings. The minimum absolute atomic E-state index is 0.312. The molecular formula is C25H35N3O3. The molecule has 2 heterocycles. The molecule has 6 nitrogen and oxygen atoms in total. The second kappa shape index (κ2) is 11.6. The average Bonchev–Trinajstić information content (AvgIpc) is 2.81. The minimum Gasteiger partial charge on any atom is -0.491 e. The summed E-state index contributed by atoms with van der Waals surface area (Å²) < 4.78 is 11.3. The number of nitrogens with zero attached hydrogens (tertiary/aromatic N) is 2. The van der Waals surface area contributed by atoms with E-state index < -0.39 is 6.10 Å². The zero-order valence-corrected chi connectivity index (χ0v) is 18.3. The minimum atomic E-state index is -0.499. The Morgan fingerprint density at radius 2 is 1.84 bits per heavy atom. The molecule has 0 bridgehead atoms. The predicted octanol–water partition coefficient (Wildman–Crippen LogP) is 1.91. The number of aliphatic hydroxyl groups is 1. The van der Waals surface area contributed by atoms with Crippen molar-refractivity contribution in [1.82, 2.24) is 15.1 Å². The van der Waals surface area contributed by atoms with E-state index in [-0.39, 0.29) is 0 Å². The van der Waals surface area contributed by atoms with E-state index >= 15 is 0 Å². The Morgan fingerprint density at radius 1 is 1.00 bits per heavy atom. The zero-order chi connectivity index (χ0) is 21.3. The summed E-state index contributed by atoms with van der Waals surface area (Å²) in [5.74, 6) is 0.815. The van der Waals surface area contributed by atoms with Gasteiger partial charge < -0.3 is 19.9 Å². The van der Waals surface area contributed by atoms with Crippen LogP contribution in [0.5, 0.6) is 5.75 Å². The van der Waals surface area contributed by atoms with E-state index in [1.165, 1.54) is 16.7 Å². The fraction of sp³-hybridized carbons (Fsp3) is 0.520. The van der Waals surface area contributed by atoms with Crippen LogP contribution < -0.4 is 10.1 Å². The largest absolute Gasteiger partial charge is 0.491 e. The summed E-state index contributed by atoms with van der Waals surface area (Å²) in [6.07, 6.45) is 0.546. The first-order chi connectivity index (χ1) is 15.3. The first-order valence-electron chi connectivity index (χ1n) is 11.5. The van der Waals surface area contributed by atoms with Crippen molar-refractivity contribution in [1.29, 1.82) is 0 Å². The maximum atomic E-state index is 10.5. The van der Waals surface area contributed by atoms with Crippen molar-refractivity contribution in [2.24, 2.45) is 0 Å². The highest BCUT2D eigenvalue weighted by Gasteiger charge is 2.18. The van der Waals surface area contributed by atoms with Crippen LogP contribution in [-0.4, -0.2) is 80.1 Å². The number of β-amino-alcohol motifs (C(OH)–C–C–N with tert-alkyl or cyclic N) is 1. The first kappa shape index (κ1) is 22.2. The number of hydrogen-bond donors (Lipinski definition) is 2. The molecule has 1 atom stereocenters. The summed E-state index contributed by atoms with van der Waals surface area (Å²) in [6, 6.07) is 16.7. The molecule has 2 aliphatic heterocycles. The lowest BCUT2D eigenvalue weighted by Gasteiger charge is -2.30. The summed E-state index contributed by atoms with van der Waals surface area (Å²) in [7, 11) is 0. The van der Waals surface area contributed by atoms with Crippen molar-refractivity contribution in [3.63, 3.8) is 0 Å². The number of aliphatic hydroxyl groups excluding tert-OH is 1. The van der Waals surface area contributed by atoms with Crippen LogP contribution in [0, 0.1) is 0 Å². The van der Waals surface area contributed by atoms with Crippen LogP contribution in [0.4, 0.5) is 0 Å². The van der Waals surface area contributed by atoms with Gasteiger partial charge in [-0.1, -0.05) is 36.4 Å². The lowest BCUT2D eigenvalue weighted by atomic mass is 10.00. The highest BCUT2D eigenvalue weighted by molar-refractivity contribution is 5.29. The van der Waals surface area contributed by atoms with E-state index in [4.69, 9.17) is 9.47 Å². The quantitative estimate of drug-likeness (QED) is 0.567. The molecule has 0 radical (unpaired) electrons. The number of rotatable bonds is 10. The summed E-state index contributed by atoms with van der Waals surface area (Å²) in [5, 5.41) is 14.0. The summed E-state index contributed by atoms with van der Waals surface area (Å²) >= 11 is 0. The number of nitrogens with one attached hydrogen (secondary N) is 1. The van der Waals surface area contributed by atoms with Crippen LogP contribution in [0.15, 0.2) is 48.5 Å². The molecule has 0 aromatic heterocycles. The molecule has 4 rings (SSSR count). The molecule has 0 aliphatic carbocycles. The summed E-state index contributed by atoms with van der Waals surface area (Å²) in [4.78, 5) is 4.74. The molecule has 2 aliphatic rings. The van der Waals surface area contributed by atoms with E-state index in [9.17, 15) is 5.11 Å². The molecule has 1 saturated heterocycles. The van der Waals surface area contributed by atoms with Crippen LogP contribution in [0.1, 0.15) is 16.7 Å². The number of benzene rings is 2. The highest BCUT2D eigenvalue weighted by atomic mass is 16.5. The third kappa shape index (κ3) is 7.02. The van der Waals surface area contributed by atoms with Gasteiger partial charge in [0, 0.05) is 52.4 Å². The summed E-state index contributed by atoms with van der Waals surface area (Å²) in [5.41, 5.74) is 4.00. The normalized spacial score (nSPS) is 18.5. The Morgan fingerprint density at radius 3 is 2.71 bits per heavy atom. The fourth-order valence-electron chi connectivity index (χ4n) is 4.29. The monoisotopic (exact) mass is 425 g/mol. The van der Waals surface area contributed by atoms with Crippen LogP contribution in [0.2, 0.25) is 0 Å². The van der Waals surface area contributed by atoms with Gasteiger partial charge in [0.15, 0.2) is 0 Å². The Bertz CT molecular complexity index is 810. The molecule has 168 valence electrons. The Hall–Kier alpha value is -1.96. The van der Waals surface area contributed by atoms with Gasteiger partial charge in [-0.15, -0.1) is 0 Å². The number of ether oxygens (including phenoxy) is 2. The Kier molecular flexibility index (Phi) is 8.32. The second-order valence-electron chi connectivity index (χ2n) is 8.50. The van der Waals surface area contributed by atoms with Gasteiger partial charge in [-0.2, -0.15) is 0 Å². The smallest absolute Gasteiger partial charge is 0.119 e. The van der Waals surface area contributed by atoms with Gasteiger partial charge in [0.05, 0.1) is 13.2 Å². The van der Waals surface area contributed by atoms with E-state index in [0.717, 1.165) is 71.2 Å². The van der Waals surface area contributed by atoms with Crippen molar-refractivity contribution in [2.75, 3.05) is 59.1 Å². The molecular weight excluding hydrogens is 390 g/mol. The van der Waals surface area contributed by atoms with Gasteiger partial charge in [0.1, 0.15) is 18.5 Å². The topological polar surface area (TPSA) is 57.2 Å². The first-order valence-corrected chi connectivity index (χ1v) is 11.5. The van der Waals surface area contributed by atoms with Crippen molar-refractivity contribution >= 4 is 0 Å². The molecule has 2 N–H and O–H groups in total. The molecule has 2 aromatic carbocycles. The molecule has 31 heavy (non-hydrogen) atoms. The van der Waals surface area contributed by atoms with Crippen LogP contribution in [0.3, 0.4) is 0 Å². The highest BCUT2D eigenvalue weighted by Crippen LogP contribution is 2.19. The van der Waals surface area contributed by atoms with Crippen LogP contribution >= 0.6 is 0 Å². The van der Waals surface area contributed by atoms with Gasteiger partial charge in [-0.3, -0.25) is 9.80 Å². The Balaban J connectivity index is 1.16.